The Kier molecular flexibility index (Phi) is 2.75. The van der Waals surface area contributed by atoms with E-state index >= 15 is 0 Å². The molecule has 0 atom stereocenters. The lowest BCUT2D eigenvalue weighted by molar-refractivity contribution is 0.882. The van der Waals surface area contributed by atoms with Gasteiger partial charge in [-0.1, -0.05) is 42.5 Å². The Labute approximate surface area is 122 Å². The van der Waals surface area contributed by atoms with E-state index in [1.165, 1.54) is 0 Å². The van der Waals surface area contributed by atoms with Gasteiger partial charge in [-0.2, -0.15) is 5.10 Å². The van der Waals surface area contributed by atoms with Crippen LogP contribution in [0, 0.1) is 0 Å². The van der Waals surface area contributed by atoms with E-state index in [0.29, 0.717) is 0 Å². The van der Waals surface area contributed by atoms with Gasteiger partial charge in [-0.15, -0.1) is 0 Å². The maximum atomic E-state index is 4.77. The average Bonchev–Trinajstić information content (AvgIpc) is 3.09. The summed E-state index contributed by atoms with van der Waals surface area (Å²) in [4.78, 5) is 4.77. The SMILES string of the molecule is c1ccc(-c2ccc3ccc(-n4cccn4)cc3n2)cc1. The molecule has 0 saturated heterocycles. The molecule has 0 unspecified atom stereocenters. The van der Waals surface area contributed by atoms with E-state index in [-0.39, 0.29) is 0 Å². The van der Waals surface area contributed by atoms with Crippen LogP contribution >= 0.6 is 0 Å². The smallest absolute Gasteiger partial charge is 0.0731 e. The Bertz CT molecular complexity index is 881. The van der Waals surface area contributed by atoms with Crippen molar-refractivity contribution in [3.05, 3.63) is 79.1 Å². The number of fused-ring (bicyclic) bond motifs is 1. The first-order valence-corrected chi connectivity index (χ1v) is 6.86. The molecule has 21 heavy (non-hydrogen) atoms. The van der Waals surface area contributed by atoms with E-state index < -0.39 is 0 Å². The topological polar surface area (TPSA) is 30.7 Å². The van der Waals surface area contributed by atoms with Crippen molar-refractivity contribution in [2.75, 3.05) is 0 Å². The van der Waals surface area contributed by atoms with Crippen LogP contribution in [0.25, 0.3) is 27.8 Å². The molecule has 4 rings (SSSR count). The number of hydrogen-bond acceptors (Lipinski definition) is 2. The van der Waals surface area contributed by atoms with Gasteiger partial charge in [0.1, 0.15) is 0 Å². The third-order valence-electron chi connectivity index (χ3n) is 3.51. The molecule has 0 saturated carbocycles. The van der Waals surface area contributed by atoms with E-state index in [1.54, 1.807) is 6.20 Å². The summed E-state index contributed by atoms with van der Waals surface area (Å²) in [5.74, 6) is 0. The van der Waals surface area contributed by atoms with Gasteiger partial charge in [0.15, 0.2) is 0 Å². The normalized spacial score (nSPS) is 10.9. The summed E-state index contributed by atoms with van der Waals surface area (Å²) in [5.41, 5.74) is 4.11. The van der Waals surface area contributed by atoms with Crippen LogP contribution in [0.1, 0.15) is 0 Å². The lowest BCUT2D eigenvalue weighted by Gasteiger charge is -2.06. The molecule has 0 amide bonds. The molecule has 0 fully saturated rings. The Morgan fingerprint density at radius 1 is 0.810 bits per heavy atom. The number of hydrogen-bond donors (Lipinski definition) is 0. The molecule has 0 aliphatic heterocycles. The zero-order valence-corrected chi connectivity index (χ0v) is 11.3. The van der Waals surface area contributed by atoms with Crippen LogP contribution < -0.4 is 0 Å². The quantitative estimate of drug-likeness (QED) is 0.550. The molecular weight excluding hydrogens is 258 g/mol. The van der Waals surface area contributed by atoms with Crippen LogP contribution in [0.15, 0.2) is 79.1 Å². The molecule has 2 heterocycles. The fraction of sp³-hybridized carbons (Fsp3) is 0. The molecule has 0 spiro atoms. The molecule has 3 nitrogen and oxygen atoms in total. The van der Waals surface area contributed by atoms with Crippen molar-refractivity contribution in [2.24, 2.45) is 0 Å². The molecule has 100 valence electrons. The maximum Gasteiger partial charge on any atom is 0.0731 e. The van der Waals surface area contributed by atoms with E-state index in [1.807, 2.05) is 35.1 Å². The minimum absolute atomic E-state index is 0.976. The van der Waals surface area contributed by atoms with Gasteiger partial charge < -0.3 is 0 Å². The molecule has 0 radical (unpaired) electrons. The highest BCUT2D eigenvalue weighted by Crippen LogP contribution is 2.22. The van der Waals surface area contributed by atoms with Crippen molar-refractivity contribution in [1.29, 1.82) is 0 Å². The highest BCUT2D eigenvalue weighted by molar-refractivity contribution is 5.83. The first kappa shape index (κ1) is 11.9. The van der Waals surface area contributed by atoms with Crippen LogP contribution in [0.2, 0.25) is 0 Å². The zero-order chi connectivity index (χ0) is 14.1. The van der Waals surface area contributed by atoms with Crippen LogP contribution in [0.4, 0.5) is 0 Å². The Morgan fingerprint density at radius 3 is 2.48 bits per heavy atom. The van der Waals surface area contributed by atoms with Crippen LogP contribution in [-0.4, -0.2) is 14.8 Å². The largest absolute Gasteiger partial charge is 0.248 e. The van der Waals surface area contributed by atoms with Crippen LogP contribution in [0.3, 0.4) is 0 Å². The molecule has 0 aliphatic carbocycles. The van der Waals surface area contributed by atoms with Gasteiger partial charge in [-0.25, -0.2) is 9.67 Å². The Hall–Kier alpha value is -2.94. The molecule has 4 aromatic rings. The minimum atomic E-state index is 0.976. The molecule has 3 heteroatoms. The fourth-order valence-corrected chi connectivity index (χ4v) is 2.44. The number of benzene rings is 2. The first-order chi connectivity index (χ1) is 10.4. The second kappa shape index (κ2) is 4.87. The molecule has 2 aromatic heterocycles. The lowest BCUT2D eigenvalue weighted by atomic mass is 10.1. The van der Waals surface area contributed by atoms with Crippen molar-refractivity contribution in [1.82, 2.24) is 14.8 Å². The number of aromatic nitrogens is 3. The standard InChI is InChI=1S/C18H13N3/c1-2-5-14(6-3-1)17-10-8-15-7-9-16(13-18(15)20-17)21-12-4-11-19-21/h1-13H. The lowest BCUT2D eigenvalue weighted by Crippen LogP contribution is -1.94. The third kappa shape index (κ3) is 2.19. The van der Waals surface area contributed by atoms with Gasteiger partial charge in [-0.3, -0.25) is 0 Å². The number of rotatable bonds is 2. The molecule has 2 aromatic carbocycles. The summed E-state index contributed by atoms with van der Waals surface area (Å²) in [6, 6.07) is 22.5. The molecular formula is C18H13N3. The summed E-state index contributed by atoms with van der Waals surface area (Å²) >= 11 is 0. The highest BCUT2D eigenvalue weighted by atomic mass is 15.3. The van der Waals surface area contributed by atoms with E-state index in [9.17, 15) is 0 Å². The van der Waals surface area contributed by atoms with E-state index in [4.69, 9.17) is 4.98 Å². The minimum Gasteiger partial charge on any atom is -0.248 e. The van der Waals surface area contributed by atoms with Crippen molar-refractivity contribution >= 4 is 10.9 Å². The van der Waals surface area contributed by atoms with Crippen molar-refractivity contribution in [3.8, 4) is 16.9 Å². The monoisotopic (exact) mass is 271 g/mol. The van der Waals surface area contributed by atoms with Gasteiger partial charge >= 0.3 is 0 Å². The number of nitrogens with zero attached hydrogens (tertiary/aromatic N) is 3. The van der Waals surface area contributed by atoms with Gasteiger partial charge in [-0.05, 0) is 24.3 Å². The van der Waals surface area contributed by atoms with Crippen molar-refractivity contribution in [3.63, 3.8) is 0 Å². The van der Waals surface area contributed by atoms with E-state index in [2.05, 4.69) is 47.6 Å². The predicted octanol–water partition coefficient (Wildman–Crippen LogP) is 4.09. The van der Waals surface area contributed by atoms with Crippen LogP contribution in [-0.2, 0) is 0 Å². The summed E-state index contributed by atoms with van der Waals surface area (Å²) in [5, 5.41) is 5.39. The molecule has 0 N–H and O–H groups in total. The van der Waals surface area contributed by atoms with Gasteiger partial charge in [0, 0.05) is 23.3 Å². The summed E-state index contributed by atoms with van der Waals surface area (Å²) < 4.78 is 1.84. The van der Waals surface area contributed by atoms with Crippen molar-refractivity contribution in [2.45, 2.75) is 0 Å². The summed E-state index contributed by atoms with van der Waals surface area (Å²) in [6.45, 7) is 0. The second-order valence-corrected chi connectivity index (χ2v) is 4.89. The zero-order valence-electron chi connectivity index (χ0n) is 11.3. The van der Waals surface area contributed by atoms with Gasteiger partial charge in [0.25, 0.3) is 0 Å². The maximum absolute atomic E-state index is 4.77. The second-order valence-electron chi connectivity index (χ2n) is 4.89. The van der Waals surface area contributed by atoms with Crippen molar-refractivity contribution < 1.29 is 0 Å². The molecule has 0 aliphatic rings. The average molecular weight is 271 g/mol. The van der Waals surface area contributed by atoms with Gasteiger partial charge in [0.05, 0.1) is 16.9 Å². The van der Waals surface area contributed by atoms with E-state index in [0.717, 1.165) is 27.8 Å². The predicted molar refractivity (Wildman–Crippen MR) is 84.3 cm³/mol. The summed E-state index contributed by atoms with van der Waals surface area (Å²) in [7, 11) is 0. The van der Waals surface area contributed by atoms with Crippen LogP contribution in [0.5, 0.6) is 0 Å². The Morgan fingerprint density at radius 2 is 1.67 bits per heavy atom. The fourth-order valence-electron chi connectivity index (χ4n) is 2.44. The third-order valence-corrected chi connectivity index (χ3v) is 3.51. The summed E-state index contributed by atoms with van der Waals surface area (Å²) in [6.07, 6.45) is 3.71. The number of pyridine rings is 1. The first-order valence-electron chi connectivity index (χ1n) is 6.86. The Balaban J connectivity index is 1.86. The highest BCUT2D eigenvalue weighted by Gasteiger charge is 2.03. The van der Waals surface area contributed by atoms with Gasteiger partial charge in [0.2, 0.25) is 0 Å². The molecule has 0 bridgehead atoms.